The lowest BCUT2D eigenvalue weighted by Gasteiger charge is -2.07. The summed E-state index contributed by atoms with van der Waals surface area (Å²) in [5.74, 6) is -0.568. The van der Waals surface area contributed by atoms with Crippen molar-refractivity contribution < 1.29 is 9.45 Å². The van der Waals surface area contributed by atoms with Gasteiger partial charge in [0.2, 0.25) is 0 Å². The zero-order chi connectivity index (χ0) is 8.69. The predicted octanol–water partition coefficient (Wildman–Crippen LogP) is -0.931. The lowest BCUT2D eigenvalue weighted by atomic mass is 10.1. The van der Waals surface area contributed by atoms with E-state index in [9.17, 15) is 4.79 Å². The van der Waals surface area contributed by atoms with Gasteiger partial charge in [0.25, 0.3) is 0 Å². The molecular weight excluding hydrogens is 143 g/mol. The molecule has 2 radical (unpaired) electrons. The summed E-state index contributed by atoms with van der Waals surface area (Å²) in [6.45, 7) is 0.615. The second-order valence-corrected chi connectivity index (χ2v) is 2.33. The number of hydrogen-bond donors (Lipinski definition) is 2. The van der Waals surface area contributed by atoms with Gasteiger partial charge in [0.15, 0.2) is 0 Å². The maximum atomic E-state index is 10.6. The zero-order valence-electron chi connectivity index (χ0n) is 6.45. The molecule has 62 valence electrons. The Bertz CT molecular complexity index is 121. The third-order valence-electron chi connectivity index (χ3n) is 1.39. The highest BCUT2D eigenvalue weighted by Crippen LogP contribution is 1.98. The van der Waals surface area contributed by atoms with Crippen LogP contribution >= 0.6 is 0 Å². The van der Waals surface area contributed by atoms with E-state index in [1.165, 1.54) is 0 Å². The maximum Gasteiger partial charge on any atom is 0.378 e. The molecule has 1 atom stereocenters. The standard InChI is InChI=1S/C6H13BN2O2/c7-11-6(10)5(9)3-1-2-4-8/h5H,1-4,8-9H2/t5-/m0/s1. The van der Waals surface area contributed by atoms with Gasteiger partial charge in [0, 0.05) is 0 Å². The van der Waals surface area contributed by atoms with E-state index in [-0.39, 0.29) is 0 Å². The topological polar surface area (TPSA) is 78.3 Å². The third kappa shape index (κ3) is 4.81. The van der Waals surface area contributed by atoms with E-state index < -0.39 is 12.0 Å². The molecule has 0 saturated heterocycles. The van der Waals surface area contributed by atoms with Gasteiger partial charge < -0.3 is 16.1 Å². The molecule has 4 nitrogen and oxygen atoms in total. The van der Waals surface area contributed by atoms with Crippen molar-refractivity contribution >= 4 is 14.0 Å². The Hall–Kier alpha value is -0.545. The van der Waals surface area contributed by atoms with Crippen LogP contribution in [0, 0.1) is 0 Å². The van der Waals surface area contributed by atoms with E-state index in [0.29, 0.717) is 13.0 Å². The third-order valence-corrected chi connectivity index (χ3v) is 1.39. The molecule has 0 rings (SSSR count). The van der Waals surface area contributed by atoms with Crippen LogP contribution in [0.25, 0.3) is 0 Å². The average molecular weight is 156 g/mol. The molecule has 0 aliphatic carbocycles. The van der Waals surface area contributed by atoms with Crippen LogP contribution in [0.2, 0.25) is 0 Å². The molecule has 0 aromatic heterocycles. The summed E-state index contributed by atoms with van der Waals surface area (Å²) in [4.78, 5) is 10.6. The number of hydrogen-bond acceptors (Lipinski definition) is 4. The molecule has 0 bridgehead atoms. The highest BCUT2D eigenvalue weighted by molar-refractivity contribution is 6.06. The summed E-state index contributed by atoms with van der Waals surface area (Å²) in [7, 11) is 4.62. The normalized spacial score (nSPS) is 12.5. The van der Waals surface area contributed by atoms with Crippen LogP contribution in [0.15, 0.2) is 0 Å². The summed E-state index contributed by atoms with van der Waals surface area (Å²) in [6, 6.07) is -0.605. The molecule has 0 aromatic carbocycles. The molecule has 0 amide bonds. The van der Waals surface area contributed by atoms with E-state index in [0.717, 1.165) is 12.8 Å². The van der Waals surface area contributed by atoms with E-state index in [1.54, 1.807) is 0 Å². The summed E-state index contributed by atoms with van der Waals surface area (Å²) in [5.41, 5.74) is 10.6. The Kier molecular flexibility index (Phi) is 5.88. The van der Waals surface area contributed by atoms with E-state index in [2.05, 4.69) is 12.7 Å². The number of carbonyl (C=O) groups excluding carboxylic acids is 1. The predicted molar refractivity (Wildman–Crippen MR) is 42.7 cm³/mol. The lowest BCUT2D eigenvalue weighted by molar-refractivity contribution is -0.135. The van der Waals surface area contributed by atoms with Crippen LogP contribution in [-0.2, 0) is 9.45 Å². The minimum Gasteiger partial charge on any atom is -0.542 e. The van der Waals surface area contributed by atoms with Crippen molar-refractivity contribution in [2.24, 2.45) is 11.5 Å². The van der Waals surface area contributed by atoms with Crippen LogP contribution in [0.3, 0.4) is 0 Å². The largest absolute Gasteiger partial charge is 0.542 e. The monoisotopic (exact) mass is 156 g/mol. The molecule has 0 saturated carbocycles. The van der Waals surface area contributed by atoms with Crippen LogP contribution in [0.1, 0.15) is 19.3 Å². The van der Waals surface area contributed by atoms with Crippen LogP contribution in [-0.4, -0.2) is 26.6 Å². The van der Waals surface area contributed by atoms with Crippen molar-refractivity contribution in [1.29, 1.82) is 0 Å². The van der Waals surface area contributed by atoms with Crippen molar-refractivity contribution in [2.45, 2.75) is 25.3 Å². The maximum absolute atomic E-state index is 10.6. The van der Waals surface area contributed by atoms with Crippen LogP contribution < -0.4 is 11.5 Å². The van der Waals surface area contributed by atoms with Gasteiger partial charge in [-0.15, -0.1) is 0 Å². The fourth-order valence-corrected chi connectivity index (χ4v) is 0.714. The zero-order valence-corrected chi connectivity index (χ0v) is 6.45. The fraction of sp³-hybridized carbons (Fsp3) is 0.833. The second kappa shape index (κ2) is 6.18. The van der Waals surface area contributed by atoms with Crippen molar-refractivity contribution in [3.05, 3.63) is 0 Å². The van der Waals surface area contributed by atoms with Gasteiger partial charge in [-0.1, -0.05) is 6.42 Å². The molecule has 0 fully saturated rings. The summed E-state index contributed by atoms with van der Waals surface area (Å²) >= 11 is 0. The number of carbonyl (C=O) groups is 1. The van der Waals surface area contributed by atoms with Gasteiger partial charge in [-0.05, 0) is 19.4 Å². The van der Waals surface area contributed by atoms with Gasteiger partial charge in [-0.3, -0.25) is 4.79 Å². The Morgan fingerprint density at radius 2 is 2.18 bits per heavy atom. The van der Waals surface area contributed by atoms with Gasteiger partial charge >= 0.3 is 14.0 Å². The fourth-order valence-electron chi connectivity index (χ4n) is 0.714. The summed E-state index contributed by atoms with van der Waals surface area (Å²) < 4.78 is 3.95. The molecule has 11 heavy (non-hydrogen) atoms. The van der Waals surface area contributed by atoms with Crippen molar-refractivity contribution in [3.63, 3.8) is 0 Å². The minimum absolute atomic E-state index is 0.568. The van der Waals surface area contributed by atoms with Gasteiger partial charge in [-0.2, -0.15) is 0 Å². The second-order valence-electron chi connectivity index (χ2n) is 2.33. The quantitative estimate of drug-likeness (QED) is 0.398. The molecular formula is C6H13BN2O2. The first kappa shape index (κ1) is 10.5. The minimum atomic E-state index is -0.605. The number of nitrogens with two attached hydrogens (primary N) is 2. The van der Waals surface area contributed by atoms with E-state index in [1.807, 2.05) is 0 Å². The molecule has 0 heterocycles. The van der Waals surface area contributed by atoms with E-state index >= 15 is 0 Å². The highest BCUT2D eigenvalue weighted by atomic mass is 16.5. The summed E-state index contributed by atoms with van der Waals surface area (Å²) in [5, 5.41) is 0. The molecule has 0 aliphatic heterocycles. The van der Waals surface area contributed by atoms with E-state index in [4.69, 9.17) is 11.5 Å². The van der Waals surface area contributed by atoms with Crippen LogP contribution in [0.4, 0.5) is 0 Å². The first-order valence-electron chi connectivity index (χ1n) is 3.58. The Balaban J connectivity index is 3.36. The number of rotatable bonds is 5. The molecule has 0 spiro atoms. The molecule has 5 heteroatoms. The van der Waals surface area contributed by atoms with Crippen LogP contribution in [0.5, 0.6) is 0 Å². The molecule has 0 aromatic rings. The molecule has 0 unspecified atom stereocenters. The first-order valence-corrected chi connectivity index (χ1v) is 3.58. The van der Waals surface area contributed by atoms with Gasteiger partial charge in [0.05, 0.1) is 0 Å². The Morgan fingerprint density at radius 3 is 2.64 bits per heavy atom. The first-order chi connectivity index (χ1) is 5.22. The van der Waals surface area contributed by atoms with Gasteiger partial charge in [0.1, 0.15) is 6.04 Å². The lowest BCUT2D eigenvalue weighted by Crippen LogP contribution is -2.31. The van der Waals surface area contributed by atoms with Crippen molar-refractivity contribution in [2.75, 3.05) is 6.54 Å². The van der Waals surface area contributed by atoms with Crippen molar-refractivity contribution in [3.8, 4) is 0 Å². The smallest absolute Gasteiger partial charge is 0.378 e. The highest BCUT2D eigenvalue weighted by Gasteiger charge is 2.11. The van der Waals surface area contributed by atoms with Gasteiger partial charge in [-0.25, -0.2) is 0 Å². The van der Waals surface area contributed by atoms with Crippen molar-refractivity contribution in [1.82, 2.24) is 0 Å². The summed E-state index contributed by atoms with van der Waals surface area (Å²) in [6.07, 6.45) is 2.27. The average Bonchev–Trinajstić information content (AvgIpc) is 2.03. The Labute approximate surface area is 67.7 Å². The molecule has 4 N–H and O–H groups in total. The Morgan fingerprint density at radius 1 is 1.55 bits per heavy atom. The SMILES string of the molecule is [B]OC(=O)[C@@H](N)CCCCN. The number of unbranched alkanes of at least 4 members (excludes halogenated alkanes) is 1. The molecule has 0 aliphatic rings.